The first-order valence-corrected chi connectivity index (χ1v) is 6.02. The number of hydrogen-bond donors (Lipinski definition) is 0. The molecular formula is C10H7F3N5S+. The van der Waals surface area contributed by atoms with Gasteiger partial charge in [0.2, 0.25) is 4.96 Å². The van der Waals surface area contributed by atoms with Crippen LogP contribution >= 0.6 is 11.3 Å². The first-order chi connectivity index (χ1) is 8.95. The quantitative estimate of drug-likeness (QED) is 0.640. The zero-order valence-corrected chi connectivity index (χ0v) is 10.4. The molecule has 0 saturated carbocycles. The molecule has 0 atom stereocenters. The number of fused-ring (bicyclic) bond motifs is 1. The predicted molar refractivity (Wildman–Crippen MR) is 60.3 cm³/mol. The van der Waals surface area contributed by atoms with Crippen molar-refractivity contribution in [3.8, 4) is 10.6 Å². The van der Waals surface area contributed by atoms with E-state index in [1.807, 2.05) is 13.2 Å². The number of aryl methyl sites for hydroxylation is 1. The maximum absolute atomic E-state index is 12.7. The van der Waals surface area contributed by atoms with Gasteiger partial charge in [0.1, 0.15) is 7.05 Å². The second-order valence-corrected chi connectivity index (χ2v) is 4.84. The molecule has 3 aromatic rings. The van der Waals surface area contributed by atoms with Gasteiger partial charge in [-0.15, -0.1) is 10.2 Å². The predicted octanol–water partition coefficient (Wildman–Crippen LogP) is 1.70. The lowest BCUT2D eigenvalue weighted by atomic mass is 10.3. The van der Waals surface area contributed by atoms with Crippen molar-refractivity contribution in [2.75, 3.05) is 0 Å². The van der Waals surface area contributed by atoms with Gasteiger partial charge in [-0.05, 0) is 6.07 Å². The molecule has 3 heterocycles. The summed E-state index contributed by atoms with van der Waals surface area (Å²) in [7, 11) is 1.82. The van der Waals surface area contributed by atoms with Gasteiger partial charge >= 0.3 is 6.18 Å². The molecule has 5 nitrogen and oxygen atoms in total. The minimum atomic E-state index is -4.56. The van der Waals surface area contributed by atoms with Crippen LogP contribution in [0.25, 0.3) is 15.5 Å². The van der Waals surface area contributed by atoms with Crippen molar-refractivity contribution in [2.45, 2.75) is 6.18 Å². The van der Waals surface area contributed by atoms with Gasteiger partial charge in [-0.1, -0.05) is 11.3 Å². The van der Waals surface area contributed by atoms with Gasteiger partial charge in [0.05, 0.1) is 5.56 Å². The van der Waals surface area contributed by atoms with Gasteiger partial charge in [-0.2, -0.15) is 22.8 Å². The molecule has 0 fully saturated rings. The molecule has 0 aliphatic rings. The summed E-state index contributed by atoms with van der Waals surface area (Å²) in [6.07, 6.45) is -0.962. The average molecular weight is 286 g/mol. The van der Waals surface area contributed by atoms with Gasteiger partial charge in [0.15, 0.2) is 17.4 Å². The second-order valence-electron chi connectivity index (χ2n) is 3.88. The lowest BCUT2D eigenvalue weighted by molar-refractivity contribution is -0.671. The molecule has 0 radical (unpaired) electrons. The fourth-order valence-electron chi connectivity index (χ4n) is 1.62. The van der Waals surface area contributed by atoms with Crippen molar-refractivity contribution in [3.63, 3.8) is 0 Å². The van der Waals surface area contributed by atoms with Crippen LogP contribution < -0.4 is 4.57 Å². The van der Waals surface area contributed by atoms with Gasteiger partial charge in [-0.25, -0.2) is 4.57 Å². The Morgan fingerprint density at radius 3 is 2.79 bits per heavy atom. The van der Waals surface area contributed by atoms with Gasteiger partial charge < -0.3 is 0 Å². The van der Waals surface area contributed by atoms with Gasteiger partial charge in [0, 0.05) is 6.07 Å². The molecule has 0 unspecified atom stereocenters. The molecule has 3 rings (SSSR count). The summed E-state index contributed by atoms with van der Waals surface area (Å²) < 4.78 is 40.5. The lowest BCUT2D eigenvalue weighted by Crippen LogP contribution is -2.26. The Kier molecular flexibility index (Phi) is 2.52. The van der Waals surface area contributed by atoms with Crippen LogP contribution in [0.1, 0.15) is 5.82 Å². The third-order valence-electron chi connectivity index (χ3n) is 2.43. The number of pyridine rings is 1. The van der Waals surface area contributed by atoms with Crippen molar-refractivity contribution < 1.29 is 17.7 Å². The van der Waals surface area contributed by atoms with Gasteiger partial charge in [-0.3, -0.25) is 0 Å². The van der Waals surface area contributed by atoms with Crippen molar-refractivity contribution in [3.05, 3.63) is 30.4 Å². The van der Waals surface area contributed by atoms with E-state index in [2.05, 4.69) is 15.3 Å². The van der Waals surface area contributed by atoms with Gasteiger partial charge in [0.25, 0.3) is 5.82 Å². The summed E-state index contributed by atoms with van der Waals surface area (Å²) in [5, 5.41) is 11.0. The highest BCUT2D eigenvalue weighted by molar-refractivity contribution is 7.19. The Morgan fingerprint density at radius 2 is 2.11 bits per heavy atom. The van der Waals surface area contributed by atoms with Crippen LogP contribution in [-0.4, -0.2) is 19.8 Å². The third-order valence-corrected chi connectivity index (χ3v) is 3.38. The highest BCUT2D eigenvalue weighted by atomic mass is 32.1. The SMILES string of the molecule is C[n+]1cccc(-c2nn3c(C(F)(F)F)nnc3s2)c1. The fourth-order valence-corrected chi connectivity index (χ4v) is 2.45. The van der Waals surface area contributed by atoms with Crippen LogP contribution in [0.4, 0.5) is 13.2 Å². The van der Waals surface area contributed by atoms with E-state index in [0.29, 0.717) is 5.01 Å². The summed E-state index contributed by atoms with van der Waals surface area (Å²) >= 11 is 1.06. The molecule has 0 aromatic carbocycles. The molecule has 0 saturated heterocycles. The van der Waals surface area contributed by atoms with Crippen molar-refractivity contribution >= 4 is 16.3 Å². The first-order valence-electron chi connectivity index (χ1n) is 5.20. The topological polar surface area (TPSA) is 47.0 Å². The van der Waals surface area contributed by atoms with Crippen LogP contribution in [0.2, 0.25) is 0 Å². The van der Waals surface area contributed by atoms with Crippen LogP contribution in [0.5, 0.6) is 0 Å². The molecule has 98 valence electrons. The Hall–Kier alpha value is -2.03. The van der Waals surface area contributed by atoms with E-state index in [0.717, 1.165) is 21.4 Å². The number of aromatic nitrogens is 5. The lowest BCUT2D eigenvalue weighted by Gasteiger charge is -2.00. The Balaban J connectivity index is 2.15. The Labute approximate surface area is 108 Å². The number of hydrogen-bond acceptors (Lipinski definition) is 4. The Bertz CT molecular complexity index is 745. The molecule has 0 bridgehead atoms. The largest absolute Gasteiger partial charge is 0.453 e. The maximum Gasteiger partial charge on any atom is 0.453 e. The number of alkyl halides is 3. The van der Waals surface area contributed by atoms with E-state index in [1.165, 1.54) is 0 Å². The average Bonchev–Trinajstić information content (AvgIpc) is 2.85. The summed E-state index contributed by atoms with van der Waals surface area (Å²) in [4.78, 5) is 0.119. The van der Waals surface area contributed by atoms with Crippen molar-refractivity contribution in [2.24, 2.45) is 7.05 Å². The van der Waals surface area contributed by atoms with E-state index in [9.17, 15) is 13.2 Å². The van der Waals surface area contributed by atoms with E-state index in [1.54, 1.807) is 22.9 Å². The Morgan fingerprint density at radius 1 is 1.32 bits per heavy atom. The van der Waals surface area contributed by atoms with Crippen LogP contribution in [0, 0.1) is 0 Å². The number of nitrogens with zero attached hydrogens (tertiary/aromatic N) is 5. The molecule has 0 aliphatic carbocycles. The summed E-state index contributed by atoms with van der Waals surface area (Å²) in [6, 6.07) is 3.57. The monoisotopic (exact) mass is 286 g/mol. The molecule has 0 aliphatic heterocycles. The first kappa shape index (κ1) is 12.0. The minimum absolute atomic E-state index is 0.119. The highest BCUT2D eigenvalue weighted by Crippen LogP contribution is 2.31. The molecule has 0 N–H and O–H groups in total. The van der Waals surface area contributed by atoms with Crippen LogP contribution in [0.3, 0.4) is 0 Å². The highest BCUT2D eigenvalue weighted by Gasteiger charge is 2.38. The smallest absolute Gasteiger partial charge is 0.207 e. The summed E-state index contributed by atoms with van der Waals surface area (Å²) in [6.45, 7) is 0. The van der Waals surface area contributed by atoms with E-state index in [-0.39, 0.29) is 4.96 Å². The molecular weight excluding hydrogens is 279 g/mol. The standard InChI is InChI=1S/C10H7F3N5S/c1-17-4-2-3-6(5-17)7-16-18-8(10(11,12)13)14-15-9(18)19-7/h2-5H,1H3/q+1. The zero-order chi connectivity index (χ0) is 13.6. The molecule has 9 heteroatoms. The van der Waals surface area contributed by atoms with E-state index < -0.39 is 12.0 Å². The minimum Gasteiger partial charge on any atom is -0.207 e. The fraction of sp³-hybridized carbons (Fsp3) is 0.200. The third kappa shape index (κ3) is 2.05. The number of halogens is 3. The molecule has 3 aromatic heterocycles. The summed E-state index contributed by atoms with van der Waals surface area (Å²) in [5.74, 6) is -1.11. The second kappa shape index (κ2) is 3.98. The van der Waals surface area contributed by atoms with Crippen molar-refractivity contribution in [1.29, 1.82) is 0 Å². The molecule has 19 heavy (non-hydrogen) atoms. The number of rotatable bonds is 1. The molecule has 0 spiro atoms. The van der Waals surface area contributed by atoms with Crippen LogP contribution in [0.15, 0.2) is 24.5 Å². The zero-order valence-electron chi connectivity index (χ0n) is 9.59. The van der Waals surface area contributed by atoms with Crippen molar-refractivity contribution in [1.82, 2.24) is 19.8 Å². The van der Waals surface area contributed by atoms with E-state index >= 15 is 0 Å². The van der Waals surface area contributed by atoms with Crippen LogP contribution in [-0.2, 0) is 13.2 Å². The van der Waals surface area contributed by atoms with E-state index in [4.69, 9.17) is 0 Å². The maximum atomic E-state index is 12.7. The summed E-state index contributed by atoms with van der Waals surface area (Å²) in [5.41, 5.74) is 0.730. The normalized spacial score (nSPS) is 12.2. The molecule has 0 amide bonds.